The summed E-state index contributed by atoms with van der Waals surface area (Å²) in [5.41, 5.74) is 26.8. The van der Waals surface area contributed by atoms with E-state index in [0.29, 0.717) is 0 Å². The van der Waals surface area contributed by atoms with Crippen molar-refractivity contribution in [3.8, 4) is 22.3 Å². The van der Waals surface area contributed by atoms with Gasteiger partial charge in [-0.15, -0.1) is 0 Å². The molecule has 0 bridgehead atoms. The Kier molecular flexibility index (Phi) is 9.49. The Balaban J connectivity index is 1.16. The van der Waals surface area contributed by atoms with Crippen LogP contribution in [-0.2, 0) is 27.1 Å². The minimum absolute atomic E-state index is 0.0209. The number of rotatable bonds is 4. The van der Waals surface area contributed by atoms with E-state index in [1.165, 1.54) is 106 Å². The highest BCUT2D eigenvalue weighted by Crippen LogP contribution is 2.55. The molecule has 9 aromatic rings. The molecule has 358 valence electrons. The van der Waals surface area contributed by atoms with Gasteiger partial charge in [-0.3, -0.25) is 0 Å². The number of hydrogen-bond donors (Lipinski definition) is 0. The van der Waals surface area contributed by atoms with Crippen molar-refractivity contribution >= 4 is 79.2 Å². The van der Waals surface area contributed by atoms with Gasteiger partial charge in [-0.25, -0.2) is 0 Å². The zero-order chi connectivity index (χ0) is 50.0. The van der Waals surface area contributed by atoms with E-state index in [0.717, 1.165) is 41.2 Å². The van der Waals surface area contributed by atoms with Gasteiger partial charge in [0.1, 0.15) is 11.2 Å². The van der Waals surface area contributed by atoms with Crippen LogP contribution in [0.25, 0.3) is 44.2 Å². The van der Waals surface area contributed by atoms with Crippen molar-refractivity contribution < 1.29 is 4.42 Å². The quantitative estimate of drug-likeness (QED) is 0.164. The van der Waals surface area contributed by atoms with Crippen LogP contribution in [0.1, 0.15) is 129 Å². The topological polar surface area (TPSA) is 19.6 Å². The molecule has 0 spiro atoms. The summed E-state index contributed by atoms with van der Waals surface area (Å²) in [4.78, 5) is 5.32. The lowest BCUT2D eigenvalue weighted by Crippen LogP contribution is -2.62. The second-order valence-corrected chi connectivity index (χ2v) is 25.6. The fourth-order valence-corrected chi connectivity index (χ4v) is 14.1. The summed E-state index contributed by atoms with van der Waals surface area (Å²) >= 11 is 0. The standard InChI is InChI=1S/C68H67BN2O/c1-41-33-58-63-59(34-41)71(55-30-26-44(64(2,3)4)36-48(55)42-19-14-13-15-20-42)56-29-25-43(46-22-18-24-61-62(46)47-21-16-17-23-60(47)72-61)35-53(56)69(63)54-38-51-52(66(7,8)32-31-65(51,5)6)39-57(54)70(58)45-27-28-49-50(37-45)68(11,12)40-67(49,9)10/h13-30,33-39H,31-32,40H2,1-12H3. The van der Waals surface area contributed by atoms with Gasteiger partial charge in [-0.1, -0.05) is 167 Å². The molecule has 72 heavy (non-hydrogen) atoms. The zero-order valence-electron chi connectivity index (χ0n) is 44.4. The van der Waals surface area contributed by atoms with Crippen LogP contribution < -0.4 is 26.2 Å². The maximum absolute atomic E-state index is 6.54. The molecule has 0 saturated carbocycles. The lowest BCUT2D eigenvalue weighted by molar-refractivity contribution is 0.332. The van der Waals surface area contributed by atoms with Gasteiger partial charge in [0.2, 0.25) is 0 Å². The molecular formula is C68H67BN2O. The van der Waals surface area contributed by atoms with E-state index in [9.17, 15) is 0 Å². The molecule has 0 N–H and O–H groups in total. The number of anilines is 6. The maximum Gasteiger partial charge on any atom is 0.252 e. The number of hydrogen-bond acceptors (Lipinski definition) is 3. The SMILES string of the molecule is Cc1cc2c3c(c1)N(c1ccc(C(C)(C)C)cc1-c1ccccc1)c1ccc(-c4cccc5oc6ccccc6c45)cc1B3c1cc3c(cc1N2c1ccc2c(c1)C(C)(C)CC2(C)C)C(C)(C)CCC3(C)C. The van der Waals surface area contributed by atoms with Gasteiger partial charge in [0.25, 0.3) is 6.71 Å². The van der Waals surface area contributed by atoms with Crippen LogP contribution in [0.2, 0.25) is 0 Å². The number of aryl methyl sites for hydroxylation is 1. The Morgan fingerprint density at radius 1 is 0.472 bits per heavy atom. The molecule has 0 saturated heterocycles. The highest BCUT2D eigenvalue weighted by Gasteiger charge is 2.48. The molecule has 0 atom stereocenters. The normalized spacial score (nSPS) is 17.6. The molecule has 0 fully saturated rings. The lowest BCUT2D eigenvalue weighted by Gasteiger charge is -2.48. The third-order valence-electron chi connectivity index (χ3n) is 17.7. The average molecular weight is 939 g/mol. The van der Waals surface area contributed by atoms with Gasteiger partial charge in [0.05, 0.1) is 5.69 Å². The molecule has 0 amide bonds. The minimum Gasteiger partial charge on any atom is -0.456 e. The number of benzene rings is 8. The van der Waals surface area contributed by atoms with E-state index in [2.05, 4.69) is 245 Å². The van der Waals surface area contributed by atoms with Crippen molar-refractivity contribution in [1.82, 2.24) is 0 Å². The monoisotopic (exact) mass is 939 g/mol. The summed E-state index contributed by atoms with van der Waals surface area (Å²) in [7, 11) is 0. The van der Waals surface area contributed by atoms with Gasteiger partial charge in [-0.05, 0) is 180 Å². The molecule has 13 rings (SSSR count). The first-order valence-electron chi connectivity index (χ1n) is 26.5. The molecule has 0 radical (unpaired) electrons. The largest absolute Gasteiger partial charge is 0.456 e. The van der Waals surface area contributed by atoms with Crippen molar-refractivity contribution in [2.45, 2.75) is 129 Å². The van der Waals surface area contributed by atoms with Crippen molar-refractivity contribution in [2.75, 3.05) is 9.80 Å². The summed E-state index contributed by atoms with van der Waals surface area (Å²) < 4.78 is 6.54. The van der Waals surface area contributed by atoms with E-state index in [4.69, 9.17) is 4.42 Å². The van der Waals surface area contributed by atoms with Crippen LogP contribution in [0.4, 0.5) is 34.1 Å². The molecule has 3 nitrogen and oxygen atoms in total. The third kappa shape index (κ3) is 6.63. The molecule has 1 aromatic heterocycles. The van der Waals surface area contributed by atoms with Gasteiger partial charge in [0, 0.05) is 44.8 Å². The lowest BCUT2D eigenvalue weighted by atomic mass is 9.33. The Hall–Kier alpha value is -6.78. The van der Waals surface area contributed by atoms with E-state index >= 15 is 0 Å². The fourth-order valence-electron chi connectivity index (χ4n) is 14.1. The molecule has 2 aliphatic carbocycles. The summed E-state index contributed by atoms with van der Waals surface area (Å²) in [5, 5.41) is 2.31. The third-order valence-corrected chi connectivity index (χ3v) is 17.7. The summed E-state index contributed by atoms with van der Waals surface area (Å²) in [6.07, 6.45) is 3.44. The predicted molar refractivity (Wildman–Crippen MR) is 308 cm³/mol. The molecule has 2 aliphatic heterocycles. The van der Waals surface area contributed by atoms with E-state index in [1.807, 2.05) is 0 Å². The molecule has 8 aromatic carbocycles. The predicted octanol–water partition coefficient (Wildman–Crippen LogP) is 16.9. The van der Waals surface area contributed by atoms with Crippen LogP contribution in [0.5, 0.6) is 0 Å². The Bertz CT molecular complexity index is 3750. The van der Waals surface area contributed by atoms with Crippen LogP contribution in [0.15, 0.2) is 156 Å². The maximum atomic E-state index is 6.54. The van der Waals surface area contributed by atoms with Crippen LogP contribution in [-0.4, -0.2) is 6.71 Å². The smallest absolute Gasteiger partial charge is 0.252 e. The highest BCUT2D eigenvalue weighted by atomic mass is 16.3. The van der Waals surface area contributed by atoms with Crippen LogP contribution >= 0.6 is 0 Å². The number of furan rings is 1. The highest BCUT2D eigenvalue weighted by molar-refractivity contribution is 7.00. The first-order chi connectivity index (χ1) is 34.2. The van der Waals surface area contributed by atoms with E-state index in [1.54, 1.807) is 0 Å². The second kappa shape index (κ2) is 15.1. The number of para-hydroxylation sites is 1. The molecule has 4 heteroatoms. The molecular weight excluding hydrogens is 872 g/mol. The summed E-state index contributed by atoms with van der Waals surface area (Å²) in [6, 6.07) is 58.5. The minimum atomic E-state index is -0.0432. The number of nitrogens with zero attached hydrogens (tertiary/aromatic N) is 2. The van der Waals surface area contributed by atoms with Crippen LogP contribution in [0.3, 0.4) is 0 Å². The Morgan fingerprint density at radius 3 is 1.86 bits per heavy atom. The van der Waals surface area contributed by atoms with Crippen LogP contribution in [0, 0.1) is 6.92 Å². The van der Waals surface area contributed by atoms with Gasteiger partial charge in [0.15, 0.2) is 0 Å². The first kappa shape index (κ1) is 45.1. The molecule has 4 aliphatic rings. The number of fused-ring (bicyclic) bond motifs is 9. The Labute approximate surface area is 428 Å². The fraction of sp³-hybridized carbons (Fsp3) is 0.294. The van der Waals surface area contributed by atoms with E-state index in [-0.39, 0.29) is 33.8 Å². The van der Waals surface area contributed by atoms with Gasteiger partial charge >= 0.3 is 0 Å². The van der Waals surface area contributed by atoms with Gasteiger partial charge in [-0.2, -0.15) is 0 Å². The Morgan fingerprint density at radius 2 is 1.11 bits per heavy atom. The van der Waals surface area contributed by atoms with Crippen molar-refractivity contribution in [2.24, 2.45) is 0 Å². The summed E-state index contributed by atoms with van der Waals surface area (Å²) in [6.45, 7) is 28.9. The van der Waals surface area contributed by atoms with E-state index < -0.39 is 0 Å². The van der Waals surface area contributed by atoms with Crippen molar-refractivity contribution in [3.05, 3.63) is 185 Å². The summed E-state index contributed by atoms with van der Waals surface area (Å²) in [5.74, 6) is 0. The molecule has 3 heterocycles. The van der Waals surface area contributed by atoms with Gasteiger partial charge < -0.3 is 14.2 Å². The van der Waals surface area contributed by atoms with Crippen molar-refractivity contribution in [1.29, 1.82) is 0 Å². The second-order valence-electron chi connectivity index (χ2n) is 25.6. The average Bonchev–Trinajstić information content (AvgIpc) is 3.82. The molecule has 0 unspecified atom stereocenters. The van der Waals surface area contributed by atoms with Crippen molar-refractivity contribution in [3.63, 3.8) is 0 Å². The zero-order valence-corrected chi connectivity index (χ0v) is 44.4. The first-order valence-corrected chi connectivity index (χ1v) is 26.5.